The SMILES string of the molecule is CCCCCCN1C(=O)C(=NOC)C(OC)c2c1ccc(C)c2C. The number of aryl methyl sites for hydroxylation is 1. The molecule has 5 nitrogen and oxygen atoms in total. The molecule has 0 bridgehead atoms. The smallest absolute Gasteiger partial charge is 0.279 e. The minimum Gasteiger partial charge on any atom is -0.399 e. The number of benzene rings is 1. The molecular formula is C19H28N2O3. The second-order valence-electron chi connectivity index (χ2n) is 6.23. The molecule has 1 unspecified atom stereocenters. The first-order chi connectivity index (χ1) is 11.6. The minimum atomic E-state index is -0.487. The fourth-order valence-corrected chi connectivity index (χ4v) is 3.22. The van der Waals surface area contributed by atoms with Crippen molar-refractivity contribution in [1.82, 2.24) is 0 Å². The molecule has 1 aromatic carbocycles. The summed E-state index contributed by atoms with van der Waals surface area (Å²) in [7, 11) is 3.06. The van der Waals surface area contributed by atoms with Crippen molar-refractivity contribution in [2.45, 2.75) is 52.6 Å². The maximum Gasteiger partial charge on any atom is 0.279 e. The molecule has 0 spiro atoms. The van der Waals surface area contributed by atoms with Gasteiger partial charge in [-0.25, -0.2) is 0 Å². The molecule has 0 N–H and O–H groups in total. The lowest BCUT2D eigenvalue weighted by atomic mass is 9.90. The fraction of sp³-hybridized carbons (Fsp3) is 0.579. The van der Waals surface area contributed by atoms with Crippen LogP contribution in [-0.2, 0) is 14.4 Å². The largest absolute Gasteiger partial charge is 0.399 e. The molecule has 132 valence electrons. The number of fused-ring (bicyclic) bond motifs is 1. The summed E-state index contributed by atoms with van der Waals surface area (Å²) in [6.07, 6.45) is 3.96. The monoisotopic (exact) mass is 332 g/mol. The third-order valence-corrected chi connectivity index (χ3v) is 4.69. The summed E-state index contributed by atoms with van der Waals surface area (Å²) in [6, 6.07) is 4.08. The van der Waals surface area contributed by atoms with Gasteiger partial charge in [0.25, 0.3) is 5.91 Å². The Balaban J connectivity index is 2.47. The number of rotatable bonds is 7. The molecule has 1 atom stereocenters. The van der Waals surface area contributed by atoms with Crippen molar-refractivity contribution >= 4 is 17.3 Å². The Kier molecular flexibility index (Phi) is 6.37. The highest BCUT2D eigenvalue weighted by molar-refractivity contribution is 6.46. The van der Waals surface area contributed by atoms with E-state index in [1.54, 1.807) is 7.11 Å². The molecular weight excluding hydrogens is 304 g/mol. The molecule has 0 saturated carbocycles. The van der Waals surface area contributed by atoms with E-state index in [1.165, 1.54) is 25.5 Å². The summed E-state index contributed by atoms with van der Waals surface area (Å²) >= 11 is 0. The van der Waals surface area contributed by atoms with Crippen LogP contribution in [0.5, 0.6) is 0 Å². The first-order valence-corrected chi connectivity index (χ1v) is 8.62. The van der Waals surface area contributed by atoms with Crippen molar-refractivity contribution in [3.05, 3.63) is 28.8 Å². The summed E-state index contributed by atoms with van der Waals surface area (Å²) in [6.45, 7) is 7.00. The second-order valence-corrected chi connectivity index (χ2v) is 6.23. The Morgan fingerprint density at radius 1 is 1.17 bits per heavy atom. The van der Waals surface area contributed by atoms with E-state index in [0.29, 0.717) is 12.3 Å². The summed E-state index contributed by atoms with van der Waals surface area (Å²) in [5.74, 6) is -0.129. The number of methoxy groups -OCH3 is 1. The van der Waals surface area contributed by atoms with Crippen LogP contribution in [0.1, 0.15) is 55.4 Å². The Hall–Kier alpha value is -1.88. The molecule has 1 heterocycles. The van der Waals surface area contributed by atoms with Gasteiger partial charge in [-0.2, -0.15) is 0 Å². The standard InChI is InChI=1S/C19H28N2O3/c1-6-7-8-9-12-21-15-11-10-13(2)14(3)16(15)18(23-4)17(19(21)22)20-24-5/h10-11,18H,6-9,12H2,1-5H3. The number of oxime groups is 1. The van der Waals surface area contributed by atoms with Gasteiger partial charge in [0, 0.05) is 19.2 Å². The molecule has 2 rings (SSSR count). The van der Waals surface area contributed by atoms with Crippen LogP contribution in [0.3, 0.4) is 0 Å². The van der Waals surface area contributed by atoms with Gasteiger partial charge in [-0.15, -0.1) is 0 Å². The first kappa shape index (κ1) is 18.5. The Morgan fingerprint density at radius 3 is 2.54 bits per heavy atom. The number of ether oxygens (including phenoxy) is 1. The van der Waals surface area contributed by atoms with Gasteiger partial charge in [-0.05, 0) is 37.5 Å². The zero-order valence-electron chi connectivity index (χ0n) is 15.4. The van der Waals surface area contributed by atoms with Crippen LogP contribution in [0.25, 0.3) is 0 Å². The topological polar surface area (TPSA) is 51.1 Å². The minimum absolute atomic E-state index is 0.129. The van der Waals surface area contributed by atoms with Gasteiger partial charge in [0.05, 0.1) is 5.69 Å². The van der Waals surface area contributed by atoms with Crippen LogP contribution < -0.4 is 4.90 Å². The van der Waals surface area contributed by atoms with E-state index in [1.807, 2.05) is 11.0 Å². The molecule has 0 aromatic heterocycles. The summed E-state index contributed by atoms with van der Waals surface area (Å²) in [5.41, 5.74) is 4.57. The van der Waals surface area contributed by atoms with Gasteiger partial charge in [0.15, 0.2) is 5.71 Å². The molecule has 5 heteroatoms. The Morgan fingerprint density at radius 2 is 1.92 bits per heavy atom. The van der Waals surface area contributed by atoms with Gasteiger partial charge in [-0.3, -0.25) is 4.79 Å². The van der Waals surface area contributed by atoms with Crippen LogP contribution >= 0.6 is 0 Å². The van der Waals surface area contributed by atoms with Crippen LogP contribution in [-0.4, -0.2) is 32.4 Å². The normalized spacial score (nSPS) is 18.9. The Bertz CT molecular complexity index is 625. The van der Waals surface area contributed by atoms with E-state index < -0.39 is 6.10 Å². The van der Waals surface area contributed by atoms with Gasteiger partial charge < -0.3 is 14.5 Å². The first-order valence-electron chi connectivity index (χ1n) is 8.62. The number of carbonyl (C=O) groups excluding carboxylic acids is 1. The van der Waals surface area contributed by atoms with Crippen molar-refractivity contribution in [3.8, 4) is 0 Å². The fourth-order valence-electron chi connectivity index (χ4n) is 3.22. The molecule has 0 aliphatic carbocycles. The van der Waals surface area contributed by atoms with Crippen molar-refractivity contribution in [2.75, 3.05) is 25.7 Å². The highest BCUT2D eigenvalue weighted by Gasteiger charge is 2.39. The second kappa shape index (κ2) is 8.29. The highest BCUT2D eigenvalue weighted by Crippen LogP contribution is 2.38. The summed E-state index contributed by atoms with van der Waals surface area (Å²) in [4.78, 5) is 19.7. The van der Waals surface area contributed by atoms with Gasteiger partial charge in [0.1, 0.15) is 13.2 Å². The summed E-state index contributed by atoms with van der Waals surface area (Å²) in [5, 5.41) is 3.98. The average Bonchev–Trinajstić information content (AvgIpc) is 2.58. The van der Waals surface area contributed by atoms with E-state index in [2.05, 4.69) is 32.0 Å². The zero-order chi connectivity index (χ0) is 17.7. The predicted molar refractivity (Wildman–Crippen MR) is 96.6 cm³/mol. The quantitative estimate of drug-likeness (QED) is 0.562. The predicted octanol–water partition coefficient (Wildman–Crippen LogP) is 3.92. The molecule has 0 saturated heterocycles. The maximum atomic E-state index is 12.9. The van der Waals surface area contributed by atoms with Gasteiger partial charge >= 0.3 is 0 Å². The van der Waals surface area contributed by atoms with Gasteiger partial charge in [-0.1, -0.05) is 37.4 Å². The number of nitrogens with zero attached hydrogens (tertiary/aromatic N) is 2. The van der Waals surface area contributed by atoms with E-state index >= 15 is 0 Å². The van der Waals surface area contributed by atoms with E-state index in [-0.39, 0.29) is 5.91 Å². The maximum absolute atomic E-state index is 12.9. The lowest BCUT2D eigenvalue weighted by Crippen LogP contribution is -2.45. The number of hydrogen-bond acceptors (Lipinski definition) is 4. The number of unbranched alkanes of at least 4 members (excludes halogenated alkanes) is 3. The molecule has 1 aliphatic heterocycles. The zero-order valence-corrected chi connectivity index (χ0v) is 15.4. The molecule has 0 fully saturated rings. The van der Waals surface area contributed by atoms with Crippen molar-refractivity contribution in [1.29, 1.82) is 0 Å². The van der Waals surface area contributed by atoms with E-state index in [0.717, 1.165) is 29.7 Å². The van der Waals surface area contributed by atoms with Crippen LogP contribution in [0.4, 0.5) is 5.69 Å². The molecule has 1 aliphatic rings. The third kappa shape index (κ3) is 3.46. The van der Waals surface area contributed by atoms with Crippen molar-refractivity contribution in [3.63, 3.8) is 0 Å². The van der Waals surface area contributed by atoms with E-state index in [4.69, 9.17) is 9.57 Å². The van der Waals surface area contributed by atoms with Crippen LogP contribution in [0, 0.1) is 13.8 Å². The molecule has 24 heavy (non-hydrogen) atoms. The number of amides is 1. The highest BCUT2D eigenvalue weighted by atomic mass is 16.6. The number of carbonyl (C=O) groups is 1. The van der Waals surface area contributed by atoms with Crippen LogP contribution in [0.15, 0.2) is 17.3 Å². The molecule has 1 amide bonds. The third-order valence-electron chi connectivity index (χ3n) is 4.69. The van der Waals surface area contributed by atoms with Crippen molar-refractivity contribution < 1.29 is 14.4 Å². The molecule has 1 aromatic rings. The Labute approximate surface area is 144 Å². The van der Waals surface area contributed by atoms with Gasteiger partial charge in [0.2, 0.25) is 0 Å². The lowest BCUT2D eigenvalue weighted by Gasteiger charge is -2.35. The lowest BCUT2D eigenvalue weighted by molar-refractivity contribution is -0.113. The van der Waals surface area contributed by atoms with Crippen molar-refractivity contribution in [2.24, 2.45) is 5.16 Å². The van der Waals surface area contributed by atoms with E-state index in [9.17, 15) is 4.79 Å². The van der Waals surface area contributed by atoms with Crippen LogP contribution in [0.2, 0.25) is 0 Å². The molecule has 0 radical (unpaired) electrons. The number of hydrogen-bond donors (Lipinski definition) is 0. The number of anilines is 1. The average molecular weight is 332 g/mol. The summed E-state index contributed by atoms with van der Waals surface area (Å²) < 4.78 is 5.62.